The van der Waals surface area contributed by atoms with E-state index in [9.17, 15) is 0 Å². The van der Waals surface area contributed by atoms with Gasteiger partial charge in [0.05, 0.1) is 0 Å². The van der Waals surface area contributed by atoms with Gasteiger partial charge in [0.15, 0.2) is 0 Å². The molecule has 1 aromatic carbocycles. The molecular weight excluding hydrogens is 453 g/mol. The molecule has 3 fully saturated rings. The number of hydrogen-bond acceptors (Lipinski definition) is 0. The van der Waals surface area contributed by atoms with Gasteiger partial charge in [0, 0.05) is 15.2 Å². The summed E-state index contributed by atoms with van der Waals surface area (Å²) < 4.78 is 0. The molecule has 0 aromatic heterocycles. The van der Waals surface area contributed by atoms with E-state index in [1.807, 2.05) is 0 Å². The normalized spacial score (nSPS) is 31.1. The van der Waals surface area contributed by atoms with E-state index < -0.39 is 15.2 Å². The van der Waals surface area contributed by atoms with Crippen LogP contribution in [0.25, 0.3) is 0 Å². The molecule has 0 amide bonds. The summed E-state index contributed by atoms with van der Waals surface area (Å²) in [6, 6.07) is 7.80. The van der Waals surface area contributed by atoms with Crippen molar-refractivity contribution >= 4 is 15.2 Å². The predicted octanol–water partition coefficient (Wildman–Crippen LogP) is 10.6. The average molecular weight is 511 g/mol. The third-order valence-corrected chi connectivity index (χ3v) is 32.6. The van der Waals surface area contributed by atoms with E-state index in [1.54, 1.807) is 29.5 Å². The summed E-state index contributed by atoms with van der Waals surface area (Å²) in [6.45, 7) is 28.5. The molecule has 0 aliphatic heterocycles. The molecule has 4 rings (SSSR count). The highest BCUT2D eigenvalue weighted by molar-refractivity contribution is 7.41. The van der Waals surface area contributed by atoms with Crippen LogP contribution in [-0.4, -0.2) is 15.2 Å². The molecular formula is C33H58Si2. The fraction of sp³-hybridized carbons (Fsp3) is 0.818. The van der Waals surface area contributed by atoms with E-state index in [0.717, 1.165) is 34.8 Å². The molecule has 0 saturated heterocycles. The second-order valence-electron chi connectivity index (χ2n) is 16.4. The highest BCUT2D eigenvalue weighted by Crippen LogP contribution is 2.62. The van der Waals surface area contributed by atoms with Crippen molar-refractivity contribution in [2.75, 3.05) is 0 Å². The molecule has 0 heterocycles. The van der Waals surface area contributed by atoms with E-state index in [1.165, 1.54) is 38.5 Å². The fourth-order valence-corrected chi connectivity index (χ4v) is 24.0. The molecule has 0 nitrogen and oxygen atoms in total. The lowest BCUT2D eigenvalue weighted by Crippen LogP contribution is -2.61. The van der Waals surface area contributed by atoms with Crippen molar-refractivity contribution in [3.05, 3.63) is 34.9 Å². The Morgan fingerprint density at radius 1 is 0.657 bits per heavy atom. The zero-order valence-corrected chi connectivity index (χ0v) is 27.4. The Morgan fingerprint density at radius 2 is 1.20 bits per heavy atom. The first kappa shape index (κ1) is 27.7. The quantitative estimate of drug-likeness (QED) is 0.353. The first-order valence-corrected chi connectivity index (χ1v) is 22.4. The van der Waals surface area contributed by atoms with Crippen LogP contribution < -0.4 is 0 Å². The van der Waals surface area contributed by atoms with E-state index in [0.29, 0.717) is 0 Å². The maximum Gasteiger partial charge on any atom is 0.0451 e. The van der Waals surface area contributed by atoms with Crippen LogP contribution >= 0.6 is 0 Å². The molecule has 1 aromatic rings. The van der Waals surface area contributed by atoms with Crippen molar-refractivity contribution in [2.45, 2.75) is 154 Å². The minimum Gasteiger partial charge on any atom is -0.0711 e. The number of benzene rings is 1. The van der Waals surface area contributed by atoms with Gasteiger partial charge >= 0.3 is 0 Å². The van der Waals surface area contributed by atoms with Gasteiger partial charge < -0.3 is 0 Å². The maximum absolute atomic E-state index is 2.88. The first-order chi connectivity index (χ1) is 16.0. The summed E-state index contributed by atoms with van der Waals surface area (Å²) in [4.78, 5) is 0. The Morgan fingerprint density at radius 3 is 1.71 bits per heavy atom. The summed E-state index contributed by atoms with van der Waals surface area (Å²) in [5.41, 5.74) is 7.39. The lowest BCUT2D eigenvalue weighted by Gasteiger charge is -2.51. The molecule has 198 valence electrons. The Hall–Kier alpha value is -0.346. The zero-order chi connectivity index (χ0) is 26.0. The molecule has 3 aliphatic carbocycles. The topological polar surface area (TPSA) is 0 Å². The van der Waals surface area contributed by atoms with Gasteiger partial charge in [0.2, 0.25) is 0 Å². The molecule has 0 N–H and O–H groups in total. The SMILES string of the molecule is CC1CC2C(c3cc(C(C)(C)C)cc(C(C)(C)C)c3)CCCC2C1[Si](C)(C)[Si](C)(C)C1CCCC1. The summed E-state index contributed by atoms with van der Waals surface area (Å²) in [5.74, 6) is 3.64. The van der Waals surface area contributed by atoms with Crippen molar-refractivity contribution in [3.63, 3.8) is 0 Å². The molecule has 0 radical (unpaired) electrons. The van der Waals surface area contributed by atoms with E-state index >= 15 is 0 Å². The molecule has 3 saturated carbocycles. The number of fused-ring (bicyclic) bond motifs is 1. The zero-order valence-electron chi connectivity index (χ0n) is 25.4. The van der Waals surface area contributed by atoms with E-state index in [4.69, 9.17) is 0 Å². The Labute approximate surface area is 221 Å². The lowest BCUT2D eigenvalue weighted by molar-refractivity contribution is 0.236. The summed E-state index contributed by atoms with van der Waals surface area (Å²) >= 11 is 0. The lowest BCUT2D eigenvalue weighted by atomic mass is 9.69. The van der Waals surface area contributed by atoms with Gasteiger partial charge in [-0.15, -0.1) is 0 Å². The molecule has 5 atom stereocenters. The number of hydrogen-bond donors (Lipinski definition) is 0. The summed E-state index contributed by atoms with van der Waals surface area (Å²) in [5, 5.41) is 0. The van der Waals surface area contributed by atoms with Crippen molar-refractivity contribution in [3.8, 4) is 0 Å². The first-order valence-electron chi connectivity index (χ1n) is 15.2. The molecule has 35 heavy (non-hydrogen) atoms. The van der Waals surface area contributed by atoms with Gasteiger partial charge in [-0.3, -0.25) is 0 Å². The van der Waals surface area contributed by atoms with Gasteiger partial charge in [-0.2, -0.15) is 0 Å². The van der Waals surface area contributed by atoms with Gasteiger partial charge in [-0.05, 0) is 75.1 Å². The van der Waals surface area contributed by atoms with Gasteiger partial charge in [-0.25, -0.2) is 0 Å². The molecule has 0 bridgehead atoms. The van der Waals surface area contributed by atoms with Crippen LogP contribution in [-0.2, 0) is 10.8 Å². The molecule has 5 unspecified atom stereocenters. The third kappa shape index (κ3) is 5.06. The van der Waals surface area contributed by atoms with E-state index in [2.05, 4.69) is 92.9 Å². The second-order valence-corrected chi connectivity index (χ2v) is 32.5. The molecule has 3 aliphatic rings. The third-order valence-electron chi connectivity index (χ3n) is 11.8. The highest BCUT2D eigenvalue weighted by Gasteiger charge is 2.58. The van der Waals surface area contributed by atoms with Gasteiger partial charge in [0.1, 0.15) is 0 Å². The minimum absolute atomic E-state index is 0.210. The Bertz CT molecular complexity index is 858. The van der Waals surface area contributed by atoms with Crippen LogP contribution in [0.3, 0.4) is 0 Å². The van der Waals surface area contributed by atoms with Gasteiger partial charge in [-0.1, -0.05) is 131 Å². The summed E-state index contributed by atoms with van der Waals surface area (Å²) in [7, 11) is -2.52. The van der Waals surface area contributed by atoms with Crippen LogP contribution in [0, 0.1) is 17.8 Å². The van der Waals surface area contributed by atoms with Crippen molar-refractivity contribution in [1.82, 2.24) is 0 Å². The standard InChI is InChI=1S/C33H58Si2/c1-23-19-30-28(24-20-25(32(2,3)4)22-26(21-24)33(5,6)7)17-14-18-29(30)31(23)35(10,11)34(8,9)27-15-12-13-16-27/h20-23,27-31H,12-19H2,1-11H3. The maximum atomic E-state index is 2.88. The van der Waals surface area contributed by atoms with Crippen molar-refractivity contribution in [2.24, 2.45) is 17.8 Å². The monoisotopic (exact) mass is 510 g/mol. The smallest absolute Gasteiger partial charge is 0.0451 e. The van der Waals surface area contributed by atoms with Crippen LogP contribution in [0.2, 0.25) is 37.3 Å². The predicted molar refractivity (Wildman–Crippen MR) is 162 cm³/mol. The van der Waals surface area contributed by atoms with Gasteiger partial charge in [0.25, 0.3) is 0 Å². The van der Waals surface area contributed by atoms with Crippen LogP contribution in [0.1, 0.15) is 122 Å². The van der Waals surface area contributed by atoms with Crippen molar-refractivity contribution < 1.29 is 0 Å². The van der Waals surface area contributed by atoms with E-state index in [-0.39, 0.29) is 10.8 Å². The van der Waals surface area contributed by atoms with Crippen LogP contribution in [0.5, 0.6) is 0 Å². The van der Waals surface area contributed by atoms with Crippen LogP contribution in [0.4, 0.5) is 0 Å². The average Bonchev–Trinajstić information content (AvgIpc) is 3.39. The molecule has 2 heteroatoms. The Balaban J connectivity index is 1.70. The fourth-order valence-electron chi connectivity index (χ4n) is 9.08. The largest absolute Gasteiger partial charge is 0.0711 e. The number of rotatable bonds is 4. The highest BCUT2D eigenvalue weighted by atomic mass is 29.3. The van der Waals surface area contributed by atoms with Crippen LogP contribution in [0.15, 0.2) is 18.2 Å². The second kappa shape index (κ2) is 9.44. The minimum atomic E-state index is -1.31. The Kier molecular flexibility index (Phi) is 7.47. The van der Waals surface area contributed by atoms with Crippen molar-refractivity contribution in [1.29, 1.82) is 0 Å². The summed E-state index contributed by atoms with van der Waals surface area (Å²) in [6.07, 6.45) is 12.0. The molecule has 0 spiro atoms.